The highest BCUT2D eigenvalue weighted by atomic mass is 32.2. The first-order chi connectivity index (χ1) is 13.2. The van der Waals surface area contributed by atoms with Crippen molar-refractivity contribution in [3.05, 3.63) is 48.2 Å². The zero-order valence-corrected chi connectivity index (χ0v) is 15.8. The molecule has 0 bridgehead atoms. The molecule has 140 valence electrons. The Labute approximate surface area is 161 Å². The van der Waals surface area contributed by atoms with Gasteiger partial charge in [0.25, 0.3) is 0 Å². The molecule has 0 radical (unpaired) electrons. The average molecular weight is 384 g/mol. The SMILES string of the molecule is Cc1ccc(-n2c(SCC(=O)N3CCOCC3)nnc2-c2ccco2)cc1. The molecule has 0 unspecified atom stereocenters. The van der Waals surface area contributed by atoms with Crippen LogP contribution in [0.2, 0.25) is 0 Å². The van der Waals surface area contributed by atoms with Crippen LogP contribution in [-0.2, 0) is 9.53 Å². The molecule has 0 atom stereocenters. The summed E-state index contributed by atoms with van der Waals surface area (Å²) in [5, 5.41) is 9.27. The lowest BCUT2D eigenvalue weighted by Gasteiger charge is -2.26. The van der Waals surface area contributed by atoms with E-state index in [0.29, 0.717) is 48.8 Å². The molecule has 1 aliphatic rings. The molecule has 0 N–H and O–H groups in total. The van der Waals surface area contributed by atoms with Gasteiger partial charge in [0, 0.05) is 18.8 Å². The molecule has 0 aliphatic carbocycles. The van der Waals surface area contributed by atoms with Gasteiger partial charge in [-0.2, -0.15) is 0 Å². The minimum atomic E-state index is 0.0845. The quantitative estimate of drug-likeness (QED) is 0.630. The Hall–Kier alpha value is -2.58. The Kier molecular flexibility index (Phi) is 5.26. The number of hydrogen-bond donors (Lipinski definition) is 0. The summed E-state index contributed by atoms with van der Waals surface area (Å²) in [6.07, 6.45) is 1.61. The van der Waals surface area contributed by atoms with Gasteiger partial charge in [0.2, 0.25) is 11.7 Å². The number of aromatic nitrogens is 3. The number of aryl methyl sites for hydroxylation is 1. The van der Waals surface area contributed by atoms with Gasteiger partial charge < -0.3 is 14.1 Å². The number of hydrogen-bond acceptors (Lipinski definition) is 6. The Bertz CT molecular complexity index is 900. The van der Waals surface area contributed by atoms with Crippen molar-refractivity contribution in [1.82, 2.24) is 19.7 Å². The fraction of sp³-hybridized carbons (Fsp3) is 0.316. The summed E-state index contributed by atoms with van der Waals surface area (Å²) in [6, 6.07) is 11.8. The largest absolute Gasteiger partial charge is 0.461 e. The lowest BCUT2D eigenvalue weighted by molar-refractivity contribution is -0.132. The van der Waals surface area contributed by atoms with Gasteiger partial charge in [0.1, 0.15) is 0 Å². The molecule has 4 rings (SSSR count). The molecule has 1 aliphatic heterocycles. The van der Waals surface area contributed by atoms with Crippen LogP contribution >= 0.6 is 11.8 Å². The third kappa shape index (κ3) is 3.91. The lowest BCUT2D eigenvalue weighted by atomic mass is 10.2. The van der Waals surface area contributed by atoms with Gasteiger partial charge in [-0.3, -0.25) is 9.36 Å². The van der Waals surface area contributed by atoms with E-state index in [2.05, 4.69) is 10.2 Å². The van der Waals surface area contributed by atoms with E-state index in [-0.39, 0.29) is 5.91 Å². The molecule has 2 aromatic heterocycles. The number of nitrogens with zero attached hydrogens (tertiary/aromatic N) is 4. The van der Waals surface area contributed by atoms with Crippen LogP contribution in [0.15, 0.2) is 52.2 Å². The zero-order valence-electron chi connectivity index (χ0n) is 15.0. The average Bonchev–Trinajstić information content (AvgIpc) is 3.37. The van der Waals surface area contributed by atoms with Crippen molar-refractivity contribution in [3.63, 3.8) is 0 Å². The second-order valence-electron chi connectivity index (χ2n) is 6.24. The van der Waals surface area contributed by atoms with Crippen molar-refractivity contribution < 1.29 is 13.9 Å². The van der Waals surface area contributed by atoms with Crippen LogP contribution in [0.3, 0.4) is 0 Å². The fourth-order valence-electron chi connectivity index (χ4n) is 2.89. The summed E-state index contributed by atoms with van der Waals surface area (Å²) >= 11 is 1.38. The molecule has 1 aromatic carbocycles. The number of benzene rings is 1. The Morgan fingerprint density at radius 2 is 1.93 bits per heavy atom. The second-order valence-corrected chi connectivity index (χ2v) is 7.18. The van der Waals surface area contributed by atoms with E-state index >= 15 is 0 Å². The predicted octanol–water partition coefficient (Wildman–Crippen LogP) is 2.79. The van der Waals surface area contributed by atoms with Crippen molar-refractivity contribution in [2.75, 3.05) is 32.1 Å². The van der Waals surface area contributed by atoms with Crippen molar-refractivity contribution in [3.8, 4) is 17.3 Å². The van der Waals surface area contributed by atoms with Crippen LogP contribution in [0.25, 0.3) is 17.3 Å². The number of furan rings is 1. The van der Waals surface area contributed by atoms with E-state index in [1.54, 1.807) is 6.26 Å². The minimum Gasteiger partial charge on any atom is -0.461 e. The molecule has 3 heterocycles. The summed E-state index contributed by atoms with van der Waals surface area (Å²) in [5.41, 5.74) is 2.10. The number of ether oxygens (including phenoxy) is 1. The van der Waals surface area contributed by atoms with Crippen molar-refractivity contribution in [2.45, 2.75) is 12.1 Å². The van der Waals surface area contributed by atoms with Crippen molar-refractivity contribution in [2.24, 2.45) is 0 Å². The topological polar surface area (TPSA) is 73.4 Å². The predicted molar refractivity (Wildman–Crippen MR) is 102 cm³/mol. The third-order valence-corrected chi connectivity index (χ3v) is 5.27. The van der Waals surface area contributed by atoms with Gasteiger partial charge in [-0.15, -0.1) is 10.2 Å². The number of amides is 1. The summed E-state index contributed by atoms with van der Waals surface area (Å²) in [6.45, 7) is 4.51. The normalized spacial score (nSPS) is 14.5. The maximum absolute atomic E-state index is 12.5. The molecule has 1 amide bonds. The molecule has 0 spiro atoms. The fourth-order valence-corrected chi connectivity index (χ4v) is 3.74. The highest BCUT2D eigenvalue weighted by molar-refractivity contribution is 7.99. The standard InChI is InChI=1S/C19H20N4O3S/c1-14-4-6-15(7-5-14)23-18(16-3-2-10-26-16)20-21-19(23)27-13-17(24)22-8-11-25-12-9-22/h2-7,10H,8-9,11-13H2,1H3. The molecular weight excluding hydrogens is 364 g/mol. The van der Waals surface area contributed by atoms with Crippen LogP contribution in [-0.4, -0.2) is 57.6 Å². The van der Waals surface area contributed by atoms with Crippen molar-refractivity contribution >= 4 is 17.7 Å². The second kappa shape index (κ2) is 7.98. The van der Waals surface area contributed by atoms with Crippen LogP contribution in [0.5, 0.6) is 0 Å². The maximum atomic E-state index is 12.5. The van der Waals surface area contributed by atoms with Crippen LogP contribution < -0.4 is 0 Å². The zero-order chi connectivity index (χ0) is 18.6. The summed E-state index contributed by atoms with van der Waals surface area (Å²) in [4.78, 5) is 14.3. The monoisotopic (exact) mass is 384 g/mol. The lowest BCUT2D eigenvalue weighted by Crippen LogP contribution is -2.41. The third-order valence-electron chi connectivity index (χ3n) is 4.36. The highest BCUT2D eigenvalue weighted by Gasteiger charge is 2.21. The molecule has 1 saturated heterocycles. The maximum Gasteiger partial charge on any atom is 0.233 e. The Morgan fingerprint density at radius 3 is 2.63 bits per heavy atom. The van der Waals surface area contributed by atoms with E-state index in [4.69, 9.17) is 9.15 Å². The van der Waals surface area contributed by atoms with E-state index < -0.39 is 0 Å². The van der Waals surface area contributed by atoms with Gasteiger partial charge in [-0.1, -0.05) is 29.5 Å². The van der Waals surface area contributed by atoms with Crippen LogP contribution in [0.4, 0.5) is 0 Å². The van der Waals surface area contributed by atoms with E-state index in [9.17, 15) is 4.79 Å². The van der Waals surface area contributed by atoms with Gasteiger partial charge in [0.05, 0.1) is 25.2 Å². The molecule has 7 nitrogen and oxygen atoms in total. The number of morpholine rings is 1. The smallest absolute Gasteiger partial charge is 0.233 e. The minimum absolute atomic E-state index is 0.0845. The van der Waals surface area contributed by atoms with Gasteiger partial charge in [0.15, 0.2) is 10.9 Å². The van der Waals surface area contributed by atoms with E-state index in [1.807, 2.05) is 52.8 Å². The first-order valence-corrected chi connectivity index (χ1v) is 9.75. The first kappa shape index (κ1) is 17.8. The van der Waals surface area contributed by atoms with E-state index in [0.717, 1.165) is 5.69 Å². The van der Waals surface area contributed by atoms with Gasteiger partial charge in [-0.05, 0) is 31.2 Å². The number of carbonyl (C=O) groups excluding carboxylic acids is 1. The van der Waals surface area contributed by atoms with Gasteiger partial charge in [-0.25, -0.2) is 0 Å². The Morgan fingerprint density at radius 1 is 1.15 bits per heavy atom. The number of rotatable bonds is 5. The molecule has 3 aromatic rings. The summed E-state index contributed by atoms with van der Waals surface area (Å²) < 4.78 is 12.8. The van der Waals surface area contributed by atoms with Crippen LogP contribution in [0, 0.1) is 6.92 Å². The van der Waals surface area contributed by atoms with E-state index in [1.165, 1.54) is 17.3 Å². The highest BCUT2D eigenvalue weighted by Crippen LogP contribution is 2.28. The number of carbonyl (C=O) groups is 1. The van der Waals surface area contributed by atoms with Gasteiger partial charge >= 0.3 is 0 Å². The molecule has 8 heteroatoms. The first-order valence-electron chi connectivity index (χ1n) is 8.77. The summed E-state index contributed by atoms with van der Waals surface area (Å²) in [5.74, 6) is 1.64. The summed E-state index contributed by atoms with van der Waals surface area (Å²) in [7, 11) is 0. The molecule has 0 saturated carbocycles. The molecular formula is C19H20N4O3S. The molecule has 1 fully saturated rings. The van der Waals surface area contributed by atoms with Crippen molar-refractivity contribution in [1.29, 1.82) is 0 Å². The van der Waals surface area contributed by atoms with Crippen LogP contribution in [0.1, 0.15) is 5.56 Å². The Balaban J connectivity index is 1.60. The number of thioether (sulfide) groups is 1. The molecule has 27 heavy (non-hydrogen) atoms.